The lowest BCUT2D eigenvalue weighted by atomic mass is 9.91. The van der Waals surface area contributed by atoms with Gasteiger partial charge in [-0.1, -0.05) is 6.92 Å². The summed E-state index contributed by atoms with van der Waals surface area (Å²) in [5.74, 6) is 0.975. The van der Waals surface area contributed by atoms with Crippen LogP contribution in [0.1, 0.15) is 27.2 Å². The van der Waals surface area contributed by atoms with E-state index in [-0.39, 0.29) is 18.6 Å². The van der Waals surface area contributed by atoms with E-state index in [0.717, 1.165) is 0 Å². The van der Waals surface area contributed by atoms with Crippen molar-refractivity contribution < 1.29 is 19.1 Å². The number of hydrogen-bond acceptors (Lipinski definition) is 4. The van der Waals surface area contributed by atoms with Gasteiger partial charge in [0.15, 0.2) is 11.5 Å². The Morgan fingerprint density at radius 3 is 2.76 bits per heavy atom. The number of anilines is 1. The number of carbonyl (C=O) groups is 2. The molecule has 0 saturated carbocycles. The maximum Gasteiger partial charge on any atom is 0.253 e. The fraction of sp³-hybridized carbons (Fsp3) is 0.467. The summed E-state index contributed by atoms with van der Waals surface area (Å²) < 4.78 is 10.6. The zero-order valence-corrected chi connectivity index (χ0v) is 12.3. The molecule has 3 rings (SSSR count). The van der Waals surface area contributed by atoms with Crippen LogP contribution in [-0.2, 0) is 9.59 Å². The van der Waals surface area contributed by atoms with Gasteiger partial charge in [-0.2, -0.15) is 0 Å². The third kappa shape index (κ3) is 2.02. The molecular weight excluding hydrogens is 272 g/mol. The second-order valence-corrected chi connectivity index (χ2v) is 5.56. The number of hydrogen-bond donors (Lipinski definition) is 1. The smallest absolute Gasteiger partial charge is 0.253 e. The van der Waals surface area contributed by atoms with Crippen molar-refractivity contribution in [2.24, 2.45) is 0 Å². The van der Waals surface area contributed by atoms with Crippen LogP contribution >= 0.6 is 0 Å². The molecule has 2 heterocycles. The molecule has 2 aliphatic rings. The number of ether oxygens (including phenoxy) is 2. The van der Waals surface area contributed by atoms with Gasteiger partial charge in [-0.3, -0.25) is 14.5 Å². The predicted octanol–water partition coefficient (Wildman–Crippen LogP) is 1.44. The lowest BCUT2D eigenvalue weighted by Crippen LogP contribution is -2.68. The van der Waals surface area contributed by atoms with Crippen molar-refractivity contribution in [2.45, 2.75) is 38.8 Å². The summed E-state index contributed by atoms with van der Waals surface area (Å²) in [7, 11) is 0. The molecule has 1 aromatic carbocycles. The summed E-state index contributed by atoms with van der Waals surface area (Å²) in [4.78, 5) is 26.5. The molecule has 21 heavy (non-hydrogen) atoms. The highest BCUT2D eigenvalue weighted by Crippen LogP contribution is 2.37. The van der Waals surface area contributed by atoms with Gasteiger partial charge in [0.2, 0.25) is 12.7 Å². The first-order valence-electron chi connectivity index (χ1n) is 7.01. The third-order valence-corrected chi connectivity index (χ3v) is 4.20. The summed E-state index contributed by atoms with van der Waals surface area (Å²) in [5.41, 5.74) is -0.230. The van der Waals surface area contributed by atoms with E-state index in [1.807, 2.05) is 6.92 Å². The number of fused-ring (bicyclic) bond motifs is 1. The summed E-state index contributed by atoms with van der Waals surface area (Å²) in [5, 5.41) is 2.81. The van der Waals surface area contributed by atoms with Gasteiger partial charge in [-0.05, 0) is 32.4 Å². The molecule has 2 atom stereocenters. The highest BCUT2D eigenvalue weighted by molar-refractivity contribution is 6.10. The van der Waals surface area contributed by atoms with Crippen molar-refractivity contribution in [3.05, 3.63) is 18.2 Å². The largest absolute Gasteiger partial charge is 0.454 e. The fourth-order valence-electron chi connectivity index (χ4n) is 2.60. The molecule has 1 saturated heterocycles. The minimum Gasteiger partial charge on any atom is -0.454 e. The van der Waals surface area contributed by atoms with E-state index < -0.39 is 11.6 Å². The van der Waals surface area contributed by atoms with Crippen molar-refractivity contribution in [1.82, 2.24) is 5.32 Å². The van der Waals surface area contributed by atoms with Crippen LogP contribution in [-0.4, -0.2) is 30.2 Å². The topological polar surface area (TPSA) is 67.9 Å². The molecule has 0 bridgehead atoms. The molecule has 0 radical (unpaired) electrons. The Hall–Kier alpha value is -2.24. The quantitative estimate of drug-likeness (QED) is 0.895. The lowest BCUT2D eigenvalue weighted by Gasteiger charge is -2.42. The molecule has 6 heteroatoms. The highest BCUT2D eigenvalue weighted by atomic mass is 16.7. The number of nitrogens with zero attached hydrogens (tertiary/aromatic N) is 1. The van der Waals surface area contributed by atoms with Crippen molar-refractivity contribution >= 4 is 17.5 Å². The minimum atomic E-state index is -0.875. The Labute approximate surface area is 123 Å². The van der Waals surface area contributed by atoms with E-state index in [0.29, 0.717) is 23.6 Å². The number of rotatable bonds is 2. The zero-order valence-electron chi connectivity index (χ0n) is 12.3. The number of piperazine rings is 1. The fourth-order valence-corrected chi connectivity index (χ4v) is 2.60. The SMILES string of the molecule is CCC1(C)NC(=O)C(C)N(c2ccc3c(c2)OCO3)C1=O. The van der Waals surface area contributed by atoms with Crippen LogP contribution in [0.5, 0.6) is 11.5 Å². The molecule has 2 aliphatic heterocycles. The lowest BCUT2D eigenvalue weighted by molar-refractivity contribution is -0.137. The number of carbonyl (C=O) groups excluding carboxylic acids is 2. The van der Waals surface area contributed by atoms with Crippen LogP contribution in [0.15, 0.2) is 18.2 Å². The molecule has 1 N–H and O–H groups in total. The minimum absolute atomic E-state index is 0.115. The van der Waals surface area contributed by atoms with Crippen LogP contribution in [0.2, 0.25) is 0 Å². The molecule has 112 valence electrons. The second kappa shape index (κ2) is 4.65. The molecule has 2 unspecified atom stereocenters. The van der Waals surface area contributed by atoms with Gasteiger partial charge >= 0.3 is 0 Å². The van der Waals surface area contributed by atoms with E-state index in [2.05, 4.69) is 5.32 Å². The van der Waals surface area contributed by atoms with Gasteiger partial charge in [0.1, 0.15) is 11.6 Å². The van der Waals surface area contributed by atoms with Gasteiger partial charge < -0.3 is 14.8 Å². The Morgan fingerprint density at radius 2 is 2.05 bits per heavy atom. The van der Waals surface area contributed by atoms with Gasteiger partial charge in [-0.15, -0.1) is 0 Å². The first-order chi connectivity index (χ1) is 9.96. The first kappa shape index (κ1) is 13.7. The van der Waals surface area contributed by atoms with E-state index in [9.17, 15) is 9.59 Å². The van der Waals surface area contributed by atoms with E-state index in [1.54, 1.807) is 32.0 Å². The third-order valence-electron chi connectivity index (χ3n) is 4.20. The molecule has 1 fully saturated rings. The molecule has 1 aromatic rings. The molecular formula is C15H18N2O4. The predicted molar refractivity (Wildman–Crippen MR) is 76.4 cm³/mol. The monoisotopic (exact) mass is 290 g/mol. The van der Waals surface area contributed by atoms with Crippen molar-refractivity contribution in [2.75, 3.05) is 11.7 Å². The van der Waals surface area contributed by atoms with Crippen molar-refractivity contribution in [3.63, 3.8) is 0 Å². The maximum atomic E-state index is 12.8. The van der Waals surface area contributed by atoms with Crippen LogP contribution in [0.4, 0.5) is 5.69 Å². The van der Waals surface area contributed by atoms with E-state index >= 15 is 0 Å². The van der Waals surface area contributed by atoms with Crippen LogP contribution in [0.3, 0.4) is 0 Å². The Balaban J connectivity index is 2.02. The summed E-state index contributed by atoms with van der Waals surface area (Å²) in [6.07, 6.45) is 0.533. The van der Waals surface area contributed by atoms with Gasteiger partial charge in [0, 0.05) is 11.8 Å². The van der Waals surface area contributed by atoms with E-state index in [1.165, 1.54) is 4.90 Å². The number of amides is 2. The van der Waals surface area contributed by atoms with Crippen LogP contribution in [0, 0.1) is 0 Å². The Morgan fingerprint density at radius 1 is 1.33 bits per heavy atom. The average molecular weight is 290 g/mol. The zero-order chi connectivity index (χ0) is 15.2. The summed E-state index contributed by atoms with van der Waals surface area (Å²) in [6.45, 7) is 5.52. The maximum absolute atomic E-state index is 12.8. The molecule has 2 amide bonds. The van der Waals surface area contributed by atoms with Crippen LogP contribution < -0.4 is 19.7 Å². The van der Waals surface area contributed by atoms with Crippen LogP contribution in [0.25, 0.3) is 0 Å². The molecule has 0 spiro atoms. The molecule has 0 aromatic heterocycles. The first-order valence-corrected chi connectivity index (χ1v) is 7.01. The Bertz CT molecular complexity index is 616. The normalized spacial score (nSPS) is 27.8. The van der Waals surface area contributed by atoms with Crippen molar-refractivity contribution in [3.8, 4) is 11.5 Å². The molecule has 6 nitrogen and oxygen atoms in total. The summed E-state index contributed by atoms with van der Waals surface area (Å²) in [6, 6.07) is 4.72. The summed E-state index contributed by atoms with van der Waals surface area (Å²) >= 11 is 0. The standard InChI is InChI=1S/C15H18N2O4/c1-4-15(3)14(19)17(9(2)13(18)16-15)10-5-6-11-12(7-10)21-8-20-11/h5-7,9H,4,8H2,1-3H3,(H,16,18). The van der Waals surface area contributed by atoms with Gasteiger partial charge in [-0.25, -0.2) is 0 Å². The number of nitrogens with one attached hydrogen (secondary N) is 1. The highest BCUT2D eigenvalue weighted by Gasteiger charge is 2.46. The van der Waals surface area contributed by atoms with E-state index in [4.69, 9.17) is 9.47 Å². The van der Waals surface area contributed by atoms with Gasteiger partial charge in [0.25, 0.3) is 5.91 Å². The second-order valence-electron chi connectivity index (χ2n) is 5.56. The average Bonchev–Trinajstić information content (AvgIpc) is 2.93. The number of benzene rings is 1. The van der Waals surface area contributed by atoms with Gasteiger partial charge in [0.05, 0.1) is 0 Å². The Kier molecular flexibility index (Phi) is 3.04. The van der Waals surface area contributed by atoms with Crippen molar-refractivity contribution in [1.29, 1.82) is 0 Å². The molecule has 0 aliphatic carbocycles.